The number of ketones is 1. The lowest BCUT2D eigenvalue weighted by Gasteiger charge is -2.50. The predicted molar refractivity (Wildman–Crippen MR) is 88.7 cm³/mol. The lowest BCUT2D eigenvalue weighted by molar-refractivity contribution is -0.143. The maximum Gasteiger partial charge on any atom is 0.184 e. The number of carbonyl (C=O) groups excluding carboxylic acids is 1. The Hall–Kier alpha value is -1.42. The van der Waals surface area contributed by atoms with Gasteiger partial charge >= 0.3 is 0 Å². The summed E-state index contributed by atoms with van der Waals surface area (Å²) in [6.07, 6.45) is 4.78. The lowest BCUT2D eigenvalue weighted by atomic mass is 9.52. The maximum atomic E-state index is 13.0. The first-order valence-corrected chi connectivity index (χ1v) is 9.84. The van der Waals surface area contributed by atoms with E-state index in [1.165, 1.54) is 0 Å². The van der Waals surface area contributed by atoms with Crippen LogP contribution in [0.2, 0.25) is 0 Å². The second-order valence-corrected chi connectivity index (χ2v) is 10.3. The van der Waals surface area contributed by atoms with Crippen molar-refractivity contribution in [3.05, 3.63) is 42.0 Å². The van der Waals surface area contributed by atoms with Gasteiger partial charge in [0.1, 0.15) is 5.78 Å². The van der Waals surface area contributed by atoms with Crippen LogP contribution in [0.3, 0.4) is 0 Å². The first kappa shape index (κ1) is 15.1. The minimum absolute atomic E-state index is 0.0889. The van der Waals surface area contributed by atoms with Crippen LogP contribution in [0.25, 0.3) is 0 Å². The third-order valence-electron chi connectivity index (χ3n) is 6.00. The molecular formula is C19H22O3S. The molecule has 0 radical (unpaired) electrons. The number of hydrogen-bond donors (Lipinski definition) is 0. The minimum Gasteiger partial charge on any atom is -0.299 e. The van der Waals surface area contributed by atoms with Gasteiger partial charge in [-0.25, -0.2) is 8.42 Å². The summed E-state index contributed by atoms with van der Waals surface area (Å²) in [5.74, 6) is 0.537. The third kappa shape index (κ3) is 2.00. The molecule has 1 aromatic rings. The van der Waals surface area contributed by atoms with Gasteiger partial charge < -0.3 is 0 Å². The van der Waals surface area contributed by atoms with Gasteiger partial charge in [-0.05, 0) is 42.7 Å². The molecule has 3 aliphatic rings. The summed E-state index contributed by atoms with van der Waals surface area (Å²) in [6, 6.07) is 8.69. The molecule has 0 saturated heterocycles. The molecule has 2 fully saturated rings. The van der Waals surface area contributed by atoms with E-state index in [1.807, 2.05) is 12.1 Å². The summed E-state index contributed by atoms with van der Waals surface area (Å²) in [7, 11) is -3.37. The zero-order valence-electron chi connectivity index (χ0n) is 13.6. The Balaban J connectivity index is 1.77. The molecule has 23 heavy (non-hydrogen) atoms. The van der Waals surface area contributed by atoms with E-state index in [9.17, 15) is 13.2 Å². The molecule has 3 aliphatic carbocycles. The van der Waals surface area contributed by atoms with Crippen molar-refractivity contribution in [2.24, 2.45) is 16.7 Å². The highest BCUT2D eigenvalue weighted by Crippen LogP contribution is 2.66. The Labute approximate surface area is 137 Å². The Morgan fingerprint density at radius 1 is 1.13 bits per heavy atom. The van der Waals surface area contributed by atoms with Gasteiger partial charge in [0, 0.05) is 6.42 Å². The first-order chi connectivity index (χ1) is 10.8. The van der Waals surface area contributed by atoms with Gasteiger partial charge in [0.2, 0.25) is 0 Å². The third-order valence-corrected chi connectivity index (χ3v) is 8.05. The summed E-state index contributed by atoms with van der Waals surface area (Å²) >= 11 is 0. The van der Waals surface area contributed by atoms with Crippen LogP contribution in [0.5, 0.6) is 0 Å². The van der Waals surface area contributed by atoms with E-state index in [2.05, 4.69) is 13.8 Å². The quantitative estimate of drug-likeness (QED) is 0.779. The summed E-state index contributed by atoms with van der Waals surface area (Å²) in [5.41, 5.74) is 0.858. The Morgan fingerprint density at radius 3 is 2.48 bits per heavy atom. The average molecular weight is 330 g/mol. The Kier molecular flexibility index (Phi) is 3.00. The van der Waals surface area contributed by atoms with Gasteiger partial charge in [-0.15, -0.1) is 0 Å². The van der Waals surface area contributed by atoms with Crippen molar-refractivity contribution in [1.29, 1.82) is 0 Å². The van der Waals surface area contributed by atoms with E-state index >= 15 is 0 Å². The summed E-state index contributed by atoms with van der Waals surface area (Å²) < 4.78 is 25.9. The summed E-state index contributed by atoms with van der Waals surface area (Å²) in [4.78, 5) is 12.8. The monoisotopic (exact) mass is 330 g/mol. The van der Waals surface area contributed by atoms with Crippen LogP contribution < -0.4 is 0 Å². The molecule has 0 aromatic heterocycles. The topological polar surface area (TPSA) is 51.2 Å². The highest BCUT2D eigenvalue weighted by molar-refractivity contribution is 7.92. The molecular weight excluding hydrogens is 308 g/mol. The molecule has 1 spiro atoms. The van der Waals surface area contributed by atoms with Crippen molar-refractivity contribution >= 4 is 15.6 Å². The number of rotatable bonds is 2. The normalized spacial score (nSPS) is 35.0. The van der Waals surface area contributed by atoms with E-state index in [0.29, 0.717) is 23.5 Å². The smallest absolute Gasteiger partial charge is 0.184 e. The number of allylic oxidation sites excluding steroid dienone is 1. The zero-order valence-corrected chi connectivity index (χ0v) is 14.4. The van der Waals surface area contributed by atoms with Crippen molar-refractivity contribution in [3.63, 3.8) is 0 Å². The van der Waals surface area contributed by atoms with Gasteiger partial charge in [-0.1, -0.05) is 43.7 Å². The number of hydrogen-bond acceptors (Lipinski definition) is 3. The second-order valence-electron chi connectivity index (χ2n) is 8.14. The number of sulfone groups is 1. The predicted octanol–water partition coefficient (Wildman–Crippen LogP) is 3.55. The fourth-order valence-corrected chi connectivity index (χ4v) is 6.75. The Bertz CT molecular complexity index is 804. The van der Waals surface area contributed by atoms with E-state index in [1.54, 1.807) is 24.3 Å². The number of benzene rings is 1. The summed E-state index contributed by atoms with van der Waals surface area (Å²) in [6.45, 7) is 4.37. The fraction of sp³-hybridized carbons (Fsp3) is 0.526. The van der Waals surface area contributed by atoms with Crippen molar-refractivity contribution in [3.8, 4) is 0 Å². The van der Waals surface area contributed by atoms with E-state index in [0.717, 1.165) is 18.4 Å². The van der Waals surface area contributed by atoms with Crippen molar-refractivity contribution in [1.82, 2.24) is 0 Å². The zero-order chi connectivity index (χ0) is 16.5. The lowest BCUT2D eigenvalue weighted by Crippen LogP contribution is -2.53. The van der Waals surface area contributed by atoms with E-state index < -0.39 is 15.1 Å². The standard InChI is InChI=1S/C19H22O3S/c1-18(2)11-14-9-16(8-13-10-17(20)19(13,14)12-18)23(21,22)15-6-4-3-5-7-15/h3-7,9,13,16H,8,10-12H2,1-2H3/t13-,16+,19+/m1/s1. The second kappa shape index (κ2) is 4.56. The Morgan fingerprint density at radius 2 is 1.83 bits per heavy atom. The average Bonchev–Trinajstić information content (AvgIpc) is 2.81. The molecule has 4 heteroatoms. The molecule has 2 saturated carbocycles. The molecule has 0 unspecified atom stereocenters. The molecule has 1 aromatic carbocycles. The van der Waals surface area contributed by atoms with E-state index in [-0.39, 0.29) is 16.7 Å². The molecule has 0 amide bonds. The van der Waals surface area contributed by atoms with Crippen LogP contribution in [0.15, 0.2) is 46.9 Å². The van der Waals surface area contributed by atoms with Gasteiger partial charge in [0.15, 0.2) is 9.84 Å². The van der Waals surface area contributed by atoms with Crippen LogP contribution in [-0.4, -0.2) is 19.5 Å². The van der Waals surface area contributed by atoms with Crippen LogP contribution >= 0.6 is 0 Å². The molecule has 0 bridgehead atoms. The van der Waals surface area contributed by atoms with Crippen LogP contribution in [0, 0.1) is 16.7 Å². The SMILES string of the molecule is CC1(C)CC2=C[C@@H](S(=O)(=O)c3ccccc3)C[C@@H]3CC(=O)[C@]23C1. The van der Waals surface area contributed by atoms with Crippen LogP contribution in [-0.2, 0) is 14.6 Å². The highest BCUT2D eigenvalue weighted by atomic mass is 32.2. The van der Waals surface area contributed by atoms with Gasteiger partial charge in [0.05, 0.1) is 15.6 Å². The van der Waals surface area contributed by atoms with E-state index in [4.69, 9.17) is 0 Å². The molecule has 0 aliphatic heterocycles. The fourth-order valence-electron chi connectivity index (χ4n) is 5.03. The summed E-state index contributed by atoms with van der Waals surface area (Å²) in [5, 5.41) is -0.486. The number of Topliss-reactive ketones (excluding diaryl/α,β-unsaturated/α-hetero) is 1. The van der Waals surface area contributed by atoms with Gasteiger partial charge in [0.25, 0.3) is 0 Å². The van der Waals surface area contributed by atoms with Crippen LogP contribution in [0.1, 0.15) is 39.5 Å². The molecule has 3 nitrogen and oxygen atoms in total. The maximum absolute atomic E-state index is 13.0. The highest BCUT2D eigenvalue weighted by Gasteiger charge is 2.64. The first-order valence-electron chi connectivity index (χ1n) is 8.29. The minimum atomic E-state index is -3.37. The molecule has 122 valence electrons. The molecule has 0 heterocycles. The largest absolute Gasteiger partial charge is 0.299 e. The van der Waals surface area contributed by atoms with Gasteiger partial charge in [-0.3, -0.25) is 4.79 Å². The molecule has 0 N–H and O–H groups in total. The van der Waals surface area contributed by atoms with Crippen molar-refractivity contribution in [2.75, 3.05) is 0 Å². The van der Waals surface area contributed by atoms with Crippen LogP contribution in [0.4, 0.5) is 0 Å². The van der Waals surface area contributed by atoms with Crippen molar-refractivity contribution < 1.29 is 13.2 Å². The molecule has 4 rings (SSSR count). The molecule has 3 atom stereocenters. The van der Waals surface area contributed by atoms with Crippen molar-refractivity contribution in [2.45, 2.75) is 49.7 Å². The van der Waals surface area contributed by atoms with Gasteiger partial charge in [-0.2, -0.15) is 0 Å². The number of carbonyl (C=O) groups is 1.